The molecule has 0 aromatic heterocycles. The van der Waals surface area contributed by atoms with Crippen molar-refractivity contribution >= 4 is 0 Å². The second kappa shape index (κ2) is 3.65. The average Bonchev–Trinajstić information content (AvgIpc) is 2.21. The summed E-state index contributed by atoms with van der Waals surface area (Å²) in [5.41, 5.74) is 0. The summed E-state index contributed by atoms with van der Waals surface area (Å²) in [6.07, 6.45) is 12.2. The molecule has 0 radical (unpaired) electrons. The molecule has 1 aliphatic carbocycles. The van der Waals surface area contributed by atoms with E-state index in [-0.39, 0.29) is 0 Å². The lowest BCUT2D eigenvalue weighted by Gasteiger charge is -2.24. The Bertz CT molecular complexity index is 202. The summed E-state index contributed by atoms with van der Waals surface area (Å²) in [6.45, 7) is 0. The second-order valence-electron chi connectivity index (χ2n) is 3.47. The highest BCUT2D eigenvalue weighted by Crippen LogP contribution is 2.30. The molecule has 1 fully saturated rings. The van der Waals surface area contributed by atoms with E-state index in [2.05, 4.69) is 5.32 Å². The Morgan fingerprint density at radius 1 is 1.25 bits per heavy atom. The van der Waals surface area contributed by atoms with E-state index in [4.69, 9.17) is 4.74 Å². The Morgan fingerprint density at radius 2 is 2.08 bits per heavy atom. The van der Waals surface area contributed by atoms with Crippen LogP contribution in [0.25, 0.3) is 0 Å². The summed E-state index contributed by atoms with van der Waals surface area (Å²) in [5, 5.41) is 3.06. The zero-order chi connectivity index (χ0) is 8.23. The van der Waals surface area contributed by atoms with Crippen LogP contribution in [0.5, 0.6) is 0 Å². The summed E-state index contributed by atoms with van der Waals surface area (Å²) in [5.74, 6) is 1.79. The van der Waals surface area contributed by atoms with Crippen LogP contribution in [0.2, 0.25) is 0 Å². The molecule has 0 atom stereocenters. The van der Waals surface area contributed by atoms with Crippen molar-refractivity contribution in [3.8, 4) is 0 Å². The van der Waals surface area contributed by atoms with Crippen LogP contribution in [0.1, 0.15) is 32.1 Å². The molecule has 0 bridgehead atoms. The van der Waals surface area contributed by atoms with Gasteiger partial charge >= 0.3 is 0 Å². The minimum absolute atomic E-state index is 0.663. The topological polar surface area (TPSA) is 21.3 Å². The molecule has 1 saturated carbocycles. The SMILES string of the molecule is C1=COC(C2CCCCC2)=CN1. The summed E-state index contributed by atoms with van der Waals surface area (Å²) < 4.78 is 5.44. The van der Waals surface area contributed by atoms with Gasteiger partial charge in [-0.25, -0.2) is 0 Å². The summed E-state index contributed by atoms with van der Waals surface area (Å²) in [4.78, 5) is 0. The Labute approximate surface area is 73.3 Å². The molecule has 0 saturated heterocycles. The van der Waals surface area contributed by atoms with Crippen LogP contribution in [0.15, 0.2) is 24.4 Å². The Balaban J connectivity index is 1.93. The molecule has 2 heteroatoms. The van der Waals surface area contributed by atoms with E-state index < -0.39 is 0 Å². The predicted molar refractivity (Wildman–Crippen MR) is 48.0 cm³/mol. The van der Waals surface area contributed by atoms with E-state index >= 15 is 0 Å². The van der Waals surface area contributed by atoms with E-state index in [1.54, 1.807) is 6.26 Å². The van der Waals surface area contributed by atoms with Crippen LogP contribution in [-0.2, 0) is 4.74 Å². The first-order chi connectivity index (χ1) is 5.97. The fraction of sp³-hybridized carbons (Fsp3) is 0.600. The van der Waals surface area contributed by atoms with Gasteiger partial charge in [0.15, 0.2) is 0 Å². The summed E-state index contributed by atoms with van der Waals surface area (Å²) in [7, 11) is 0. The highest BCUT2D eigenvalue weighted by atomic mass is 16.5. The van der Waals surface area contributed by atoms with Crippen molar-refractivity contribution in [2.45, 2.75) is 32.1 Å². The van der Waals surface area contributed by atoms with Crippen molar-refractivity contribution in [2.75, 3.05) is 0 Å². The van der Waals surface area contributed by atoms with E-state index in [0.717, 1.165) is 5.76 Å². The van der Waals surface area contributed by atoms with E-state index in [0.29, 0.717) is 5.92 Å². The molecule has 2 rings (SSSR count). The maximum atomic E-state index is 5.44. The number of nitrogens with one attached hydrogen (secondary N) is 1. The van der Waals surface area contributed by atoms with Crippen LogP contribution >= 0.6 is 0 Å². The number of allylic oxidation sites excluding steroid dienone is 1. The van der Waals surface area contributed by atoms with Crippen molar-refractivity contribution in [1.82, 2.24) is 5.32 Å². The quantitative estimate of drug-likeness (QED) is 0.644. The van der Waals surface area contributed by atoms with Gasteiger partial charge in [0.2, 0.25) is 0 Å². The molecule has 1 N–H and O–H groups in total. The number of rotatable bonds is 1. The molecule has 0 spiro atoms. The van der Waals surface area contributed by atoms with Gasteiger partial charge in [-0.05, 0) is 12.8 Å². The van der Waals surface area contributed by atoms with Gasteiger partial charge < -0.3 is 10.1 Å². The summed E-state index contributed by atoms with van der Waals surface area (Å²) >= 11 is 0. The van der Waals surface area contributed by atoms with Gasteiger partial charge in [0.25, 0.3) is 0 Å². The van der Waals surface area contributed by atoms with E-state index in [1.807, 2.05) is 12.4 Å². The van der Waals surface area contributed by atoms with Crippen LogP contribution in [0.3, 0.4) is 0 Å². The van der Waals surface area contributed by atoms with Crippen molar-refractivity contribution in [3.05, 3.63) is 24.4 Å². The van der Waals surface area contributed by atoms with E-state index in [9.17, 15) is 0 Å². The Hall–Kier alpha value is -0.920. The minimum Gasteiger partial charge on any atom is -0.466 e. The minimum atomic E-state index is 0.663. The smallest absolute Gasteiger partial charge is 0.122 e. The zero-order valence-corrected chi connectivity index (χ0v) is 7.25. The highest BCUT2D eigenvalue weighted by Gasteiger charge is 2.19. The largest absolute Gasteiger partial charge is 0.466 e. The first kappa shape index (κ1) is 7.71. The number of hydrogen-bond donors (Lipinski definition) is 1. The molecule has 1 aliphatic heterocycles. The molecule has 66 valence electrons. The maximum absolute atomic E-state index is 5.44. The molecule has 0 aromatic carbocycles. The average molecular weight is 165 g/mol. The van der Waals surface area contributed by atoms with Gasteiger partial charge in [-0.1, -0.05) is 19.3 Å². The van der Waals surface area contributed by atoms with Crippen molar-refractivity contribution in [3.63, 3.8) is 0 Å². The normalized spacial score (nSPS) is 24.2. The Morgan fingerprint density at radius 3 is 2.75 bits per heavy atom. The molecule has 0 amide bonds. The molecule has 0 unspecified atom stereocenters. The van der Waals surface area contributed by atoms with Gasteiger partial charge in [-0.3, -0.25) is 0 Å². The standard InChI is InChI=1S/C10H15NO/c1-2-4-9(5-3-1)10-8-11-6-7-12-10/h6-9,11H,1-5H2. The lowest BCUT2D eigenvalue weighted by Crippen LogP contribution is -2.14. The van der Waals surface area contributed by atoms with Crippen LogP contribution in [0, 0.1) is 5.92 Å². The monoisotopic (exact) mass is 165 g/mol. The lowest BCUT2D eigenvalue weighted by atomic mass is 9.88. The molecular formula is C10H15NO. The second-order valence-corrected chi connectivity index (χ2v) is 3.47. The van der Waals surface area contributed by atoms with Crippen LogP contribution in [-0.4, -0.2) is 0 Å². The third-order valence-electron chi connectivity index (χ3n) is 2.60. The maximum Gasteiger partial charge on any atom is 0.122 e. The number of ether oxygens (including phenoxy) is 1. The molecule has 12 heavy (non-hydrogen) atoms. The molecular weight excluding hydrogens is 150 g/mol. The molecule has 1 heterocycles. The third kappa shape index (κ3) is 1.63. The summed E-state index contributed by atoms with van der Waals surface area (Å²) in [6, 6.07) is 0. The van der Waals surface area contributed by atoms with Gasteiger partial charge in [-0.2, -0.15) is 0 Å². The zero-order valence-electron chi connectivity index (χ0n) is 7.25. The highest BCUT2D eigenvalue weighted by molar-refractivity contribution is 5.05. The lowest BCUT2D eigenvalue weighted by molar-refractivity contribution is 0.241. The predicted octanol–water partition coefficient (Wildman–Crippen LogP) is 2.50. The van der Waals surface area contributed by atoms with Crippen molar-refractivity contribution in [2.24, 2.45) is 5.92 Å². The van der Waals surface area contributed by atoms with Gasteiger partial charge in [0.1, 0.15) is 12.0 Å². The first-order valence-corrected chi connectivity index (χ1v) is 4.74. The van der Waals surface area contributed by atoms with Gasteiger partial charge in [-0.15, -0.1) is 0 Å². The van der Waals surface area contributed by atoms with Crippen molar-refractivity contribution < 1.29 is 4.74 Å². The van der Waals surface area contributed by atoms with Crippen LogP contribution in [0.4, 0.5) is 0 Å². The van der Waals surface area contributed by atoms with Gasteiger partial charge in [0, 0.05) is 18.3 Å². The third-order valence-corrected chi connectivity index (χ3v) is 2.60. The number of hydrogen-bond acceptors (Lipinski definition) is 2. The molecule has 2 nitrogen and oxygen atoms in total. The van der Waals surface area contributed by atoms with Gasteiger partial charge in [0.05, 0.1) is 0 Å². The fourth-order valence-electron chi connectivity index (χ4n) is 1.92. The Kier molecular flexibility index (Phi) is 2.35. The molecule has 2 aliphatic rings. The fourth-order valence-corrected chi connectivity index (χ4v) is 1.92. The van der Waals surface area contributed by atoms with Crippen LogP contribution < -0.4 is 5.32 Å². The van der Waals surface area contributed by atoms with Crippen molar-refractivity contribution in [1.29, 1.82) is 0 Å². The molecule has 0 aromatic rings. The van der Waals surface area contributed by atoms with E-state index in [1.165, 1.54) is 32.1 Å². The first-order valence-electron chi connectivity index (χ1n) is 4.74.